The molecule has 0 bridgehead atoms. The minimum atomic E-state index is 0.489. The number of aromatic nitrogens is 1. The van der Waals surface area contributed by atoms with Crippen LogP contribution in [0.5, 0.6) is 5.88 Å². The summed E-state index contributed by atoms with van der Waals surface area (Å²) >= 11 is 5.73. The predicted molar refractivity (Wildman–Crippen MR) is 60.5 cm³/mol. The standard InChI is InChI=1S/C11H16ClNO2/c1-9-10(8-12)4-5-11(13-9)15-7-3-6-14-2/h4-5H,3,6-8H2,1-2H3. The van der Waals surface area contributed by atoms with E-state index in [-0.39, 0.29) is 0 Å². The highest BCUT2D eigenvalue weighted by molar-refractivity contribution is 6.17. The molecule has 0 unspecified atom stereocenters. The summed E-state index contributed by atoms with van der Waals surface area (Å²) in [7, 11) is 1.68. The number of hydrogen-bond donors (Lipinski definition) is 0. The first-order chi connectivity index (χ1) is 7.27. The van der Waals surface area contributed by atoms with E-state index >= 15 is 0 Å². The van der Waals surface area contributed by atoms with Crippen molar-refractivity contribution in [3.05, 3.63) is 23.4 Å². The summed E-state index contributed by atoms with van der Waals surface area (Å²) in [5.41, 5.74) is 1.97. The third-order valence-corrected chi connectivity index (χ3v) is 2.34. The molecule has 0 spiro atoms. The molecule has 0 radical (unpaired) electrons. The highest BCUT2D eigenvalue weighted by atomic mass is 35.5. The van der Waals surface area contributed by atoms with E-state index < -0.39 is 0 Å². The van der Waals surface area contributed by atoms with E-state index in [1.54, 1.807) is 7.11 Å². The number of alkyl halides is 1. The molecule has 84 valence electrons. The van der Waals surface area contributed by atoms with Crippen molar-refractivity contribution in [1.82, 2.24) is 4.98 Å². The van der Waals surface area contributed by atoms with E-state index in [1.807, 2.05) is 19.1 Å². The zero-order valence-corrected chi connectivity index (χ0v) is 9.88. The molecule has 1 aromatic rings. The number of rotatable bonds is 6. The van der Waals surface area contributed by atoms with Crippen molar-refractivity contribution < 1.29 is 9.47 Å². The van der Waals surface area contributed by atoms with E-state index in [2.05, 4.69) is 4.98 Å². The third-order valence-electron chi connectivity index (χ3n) is 2.06. The molecule has 1 rings (SSSR count). The molecule has 15 heavy (non-hydrogen) atoms. The summed E-state index contributed by atoms with van der Waals surface area (Å²) in [5.74, 6) is 1.14. The first-order valence-corrected chi connectivity index (χ1v) is 5.45. The van der Waals surface area contributed by atoms with Gasteiger partial charge in [-0.2, -0.15) is 0 Å². The monoisotopic (exact) mass is 229 g/mol. The fourth-order valence-corrected chi connectivity index (χ4v) is 1.45. The lowest BCUT2D eigenvalue weighted by atomic mass is 10.2. The van der Waals surface area contributed by atoms with Crippen LogP contribution in [0, 0.1) is 6.92 Å². The molecule has 3 nitrogen and oxygen atoms in total. The van der Waals surface area contributed by atoms with Crippen LogP contribution in [-0.4, -0.2) is 25.3 Å². The van der Waals surface area contributed by atoms with Gasteiger partial charge in [0, 0.05) is 37.8 Å². The molecule has 0 aliphatic heterocycles. The van der Waals surface area contributed by atoms with Gasteiger partial charge >= 0.3 is 0 Å². The van der Waals surface area contributed by atoms with Gasteiger partial charge in [0.25, 0.3) is 0 Å². The van der Waals surface area contributed by atoms with Gasteiger partial charge in [-0.05, 0) is 12.5 Å². The maximum absolute atomic E-state index is 5.73. The number of hydrogen-bond acceptors (Lipinski definition) is 3. The molecule has 1 aromatic heterocycles. The number of halogens is 1. The molecular formula is C11H16ClNO2. The molecule has 0 amide bonds. The average Bonchev–Trinajstić information content (AvgIpc) is 2.25. The topological polar surface area (TPSA) is 31.4 Å². The van der Waals surface area contributed by atoms with Crippen LogP contribution in [-0.2, 0) is 10.6 Å². The van der Waals surface area contributed by atoms with Crippen molar-refractivity contribution in [2.45, 2.75) is 19.2 Å². The molecule has 0 aromatic carbocycles. The van der Waals surface area contributed by atoms with E-state index in [4.69, 9.17) is 21.1 Å². The summed E-state index contributed by atoms with van der Waals surface area (Å²) < 4.78 is 10.4. The van der Waals surface area contributed by atoms with Gasteiger partial charge in [0.15, 0.2) is 0 Å². The molecular weight excluding hydrogens is 214 g/mol. The predicted octanol–water partition coefficient (Wildman–Crippen LogP) is 2.54. The quantitative estimate of drug-likeness (QED) is 0.555. The fraction of sp³-hybridized carbons (Fsp3) is 0.545. The lowest BCUT2D eigenvalue weighted by molar-refractivity contribution is 0.170. The highest BCUT2D eigenvalue weighted by Crippen LogP contribution is 2.14. The fourth-order valence-electron chi connectivity index (χ4n) is 1.17. The van der Waals surface area contributed by atoms with Gasteiger partial charge in [0.2, 0.25) is 5.88 Å². The van der Waals surface area contributed by atoms with Crippen LogP contribution in [0.15, 0.2) is 12.1 Å². The normalized spacial score (nSPS) is 10.3. The number of methoxy groups -OCH3 is 1. The molecule has 0 saturated heterocycles. The molecule has 0 N–H and O–H groups in total. The molecule has 0 aliphatic rings. The Morgan fingerprint density at radius 2 is 2.13 bits per heavy atom. The van der Waals surface area contributed by atoms with Gasteiger partial charge in [0.05, 0.1) is 6.61 Å². The Kier molecular flexibility index (Phi) is 5.43. The van der Waals surface area contributed by atoms with E-state index in [0.29, 0.717) is 25.0 Å². The third kappa shape index (κ3) is 4.06. The van der Waals surface area contributed by atoms with Gasteiger partial charge in [-0.25, -0.2) is 4.98 Å². The summed E-state index contributed by atoms with van der Waals surface area (Å²) in [6.07, 6.45) is 0.870. The Morgan fingerprint density at radius 1 is 1.33 bits per heavy atom. The van der Waals surface area contributed by atoms with Crippen LogP contribution in [0.1, 0.15) is 17.7 Å². The summed E-state index contributed by atoms with van der Waals surface area (Å²) in [5, 5.41) is 0. The molecule has 4 heteroatoms. The van der Waals surface area contributed by atoms with Gasteiger partial charge in [-0.1, -0.05) is 6.07 Å². The number of nitrogens with zero attached hydrogens (tertiary/aromatic N) is 1. The summed E-state index contributed by atoms with van der Waals surface area (Å²) in [4.78, 5) is 4.29. The minimum absolute atomic E-state index is 0.489. The maximum atomic E-state index is 5.73. The second-order valence-corrected chi connectivity index (χ2v) is 3.49. The Bertz CT molecular complexity index is 305. The van der Waals surface area contributed by atoms with E-state index in [0.717, 1.165) is 17.7 Å². The lowest BCUT2D eigenvalue weighted by Crippen LogP contribution is -2.03. The number of aryl methyl sites for hydroxylation is 1. The molecule has 0 saturated carbocycles. The van der Waals surface area contributed by atoms with E-state index in [9.17, 15) is 0 Å². The lowest BCUT2D eigenvalue weighted by Gasteiger charge is -2.07. The molecule has 0 atom stereocenters. The highest BCUT2D eigenvalue weighted by Gasteiger charge is 2.01. The SMILES string of the molecule is COCCCOc1ccc(CCl)c(C)n1. The summed E-state index contributed by atoms with van der Waals surface area (Å²) in [6.45, 7) is 3.26. The number of ether oxygens (including phenoxy) is 2. The Morgan fingerprint density at radius 3 is 2.73 bits per heavy atom. The Labute approximate surface area is 95.4 Å². The number of pyridine rings is 1. The van der Waals surface area contributed by atoms with Gasteiger partial charge < -0.3 is 9.47 Å². The molecule has 0 fully saturated rings. The van der Waals surface area contributed by atoms with Crippen molar-refractivity contribution in [2.24, 2.45) is 0 Å². The molecule has 0 aliphatic carbocycles. The Balaban J connectivity index is 2.45. The van der Waals surface area contributed by atoms with Crippen molar-refractivity contribution in [3.63, 3.8) is 0 Å². The van der Waals surface area contributed by atoms with Crippen LogP contribution in [0.2, 0.25) is 0 Å². The van der Waals surface area contributed by atoms with Crippen LogP contribution in [0.25, 0.3) is 0 Å². The van der Waals surface area contributed by atoms with Crippen LogP contribution < -0.4 is 4.74 Å². The Hall–Kier alpha value is -0.800. The largest absolute Gasteiger partial charge is 0.478 e. The van der Waals surface area contributed by atoms with Gasteiger partial charge in [-0.3, -0.25) is 0 Å². The zero-order valence-electron chi connectivity index (χ0n) is 9.12. The van der Waals surface area contributed by atoms with Crippen molar-refractivity contribution in [1.29, 1.82) is 0 Å². The van der Waals surface area contributed by atoms with Crippen molar-refractivity contribution in [2.75, 3.05) is 20.3 Å². The van der Waals surface area contributed by atoms with Crippen molar-refractivity contribution in [3.8, 4) is 5.88 Å². The molecule has 1 heterocycles. The minimum Gasteiger partial charge on any atom is -0.478 e. The second kappa shape index (κ2) is 6.64. The first kappa shape index (κ1) is 12.3. The smallest absolute Gasteiger partial charge is 0.213 e. The van der Waals surface area contributed by atoms with Crippen LogP contribution in [0.3, 0.4) is 0 Å². The first-order valence-electron chi connectivity index (χ1n) is 4.92. The van der Waals surface area contributed by atoms with Crippen molar-refractivity contribution >= 4 is 11.6 Å². The van der Waals surface area contributed by atoms with Crippen LogP contribution in [0.4, 0.5) is 0 Å². The second-order valence-electron chi connectivity index (χ2n) is 3.22. The zero-order chi connectivity index (χ0) is 11.1. The summed E-state index contributed by atoms with van der Waals surface area (Å²) in [6, 6.07) is 3.79. The van der Waals surface area contributed by atoms with Gasteiger partial charge in [0.1, 0.15) is 0 Å². The van der Waals surface area contributed by atoms with Gasteiger partial charge in [-0.15, -0.1) is 11.6 Å². The maximum Gasteiger partial charge on any atom is 0.213 e. The van der Waals surface area contributed by atoms with Crippen LogP contribution >= 0.6 is 11.6 Å². The van der Waals surface area contributed by atoms with E-state index in [1.165, 1.54) is 0 Å². The average molecular weight is 230 g/mol.